The van der Waals surface area contributed by atoms with E-state index in [2.05, 4.69) is 5.32 Å². The Kier molecular flexibility index (Phi) is 12.3. The summed E-state index contributed by atoms with van der Waals surface area (Å²) in [5, 5.41) is 3.60. The molecule has 0 fully saturated rings. The van der Waals surface area contributed by atoms with Crippen molar-refractivity contribution in [2.24, 2.45) is 5.92 Å². The second kappa shape index (κ2) is 15.4. The molecule has 42 heavy (non-hydrogen) atoms. The van der Waals surface area contributed by atoms with Gasteiger partial charge in [0, 0.05) is 37.5 Å². The molecule has 0 saturated heterocycles. The van der Waals surface area contributed by atoms with Gasteiger partial charge in [0.25, 0.3) is 0 Å². The van der Waals surface area contributed by atoms with E-state index in [-0.39, 0.29) is 54.4 Å². The SMILES string of the molecule is Cc1cccc(CN(C(=O)CCCN(c2cc(Cl)ccc2Cl)S(C)(=O)=O)C(Cc2ccccc2)C(=O)NCC(C)C)c1. The number of carbonyl (C=O) groups excluding carboxylic acids is 2. The summed E-state index contributed by atoms with van der Waals surface area (Å²) >= 11 is 12.4. The summed E-state index contributed by atoms with van der Waals surface area (Å²) in [6.45, 7) is 6.76. The number of hydrogen-bond donors (Lipinski definition) is 1. The van der Waals surface area contributed by atoms with Crippen molar-refractivity contribution in [1.82, 2.24) is 10.2 Å². The number of benzene rings is 3. The maximum atomic E-state index is 13.9. The van der Waals surface area contributed by atoms with Crippen molar-refractivity contribution in [3.63, 3.8) is 0 Å². The number of nitrogens with zero attached hydrogens (tertiary/aromatic N) is 2. The molecule has 0 bridgehead atoms. The van der Waals surface area contributed by atoms with Crippen molar-refractivity contribution in [2.45, 2.75) is 52.6 Å². The molecule has 3 aromatic carbocycles. The van der Waals surface area contributed by atoms with Crippen LogP contribution >= 0.6 is 23.2 Å². The minimum absolute atomic E-state index is 0.0197. The van der Waals surface area contributed by atoms with Gasteiger partial charge in [-0.3, -0.25) is 13.9 Å². The fraction of sp³-hybridized carbons (Fsp3) is 0.375. The predicted octanol–water partition coefficient (Wildman–Crippen LogP) is 6.26. The van der Waals surface area contributed by atoms with Crippen LogP contribution in [0, 0.1) is 12.8 Å². The summed E-state index contributed by atoms with van der Waals surface area (Å²) in [6.07, 6.45) is 1.67. The molecule has 3 rings (SSSR count). The van der Waals surface area contributed by atoms with Crippen molar-refractivity contribution >= 4 is 50.7 Å². The summed E-state index contributed by atoms with van der Waals surface area (Å²) in [4.78, 5) is 29.1. The highest BCUT2D eigenvalue weighted by atomic mass is 35.5. The van der Waals surface area contributed by atoms with Gasteiger partial charge in [0.1, 0.15) is 6.04 Å². The van der Waals surface area contributed by atoms with Gasteiger partial charge in [-0.05, 0) is 48.6 Å². The molecule has 2 amide bonds. The van der Waals surface area contributed by atoms with Gasteiger partial charge in [0.05, 0.1) is 17.0 Å². The Bertz CT molecular complexity index is 1470. The van der Waals surface area contributed by atoms with Gasteiger partial charge < -0.3 is 10.2 Å². The molecule has 1 atom stereocenters. The molecule has 7 nitrogen and oxygen atoms in total. The van der Waals surface area contributed by atoms with E-state index < -0.39 is 16.1 Å². The van der Waals surface area contributed by atoms with Gasteiger partial charge in [-0.1, -0.05) is 97.2 Å². The standard InChI is InChI=1S/C32H39Cl2N3O4S/c1-23(2)21-35-32(39)30(19-25-11-6-5-7-12-25)36(22-26-13-8-10-24(3)18-26)31(38)14-9-17-37(42(4,40)41)29-20-27(33)15-16-28(29)34/h5-8,10-13,15-16,18,20,23,30H,9,14,17,19,21-22H2,1-4H3,(H,35,39). The summed E-state index contributed by atoms with van der Waals surface area (Å²) in [7, 11) is -3.71. The zero-order valence-electron chi connectivity index (χ0n) is 24.5. The van der Waals surface area contributed by atoms with E-state index >= 15 is 0 Å². The van der Waals surface area contributed by atoms with Crippen LogP contribution in [0.4, 0.5) is 5.69 Å². The molecule has 0 aliphatic heterocycles. The molecular formula is C32H39Cl2N3O4S. The largest absolute Gasteiger partial charge is 0.354 e. The predicted molar refractivity (Wildman–Crippen MR) is 171 cm³/mol. The Morgan fingerprint density at radius 1 is 0.929 bits per heavy atom. The second-order valence-corrected chi connectivity index (χ2v) is 13.6. The average Bonchev–Trinajstić information content (AvgIpc) is 2.93. The summed E-state index contributed by atoms with van der Waals surface area (Å²) < 4.78 is 26.5. The summed E-state index contributed by atoms with van der Waals surface area (Å²) in [5.74, 6) is -0.229. The number of rotatable bonds is 14. The van der Waals surface area contributed by atoms with Crippen LogP contribution in [-0.2, 0) is 32.6 Å². The molecule has 0 saturated carbocycles. The first-order valence-electron chi connectivity index (χ1n) is 13.9. The fourth-order valence-corrected chi connectivity index (χ4v) is 6.05. The van der Waals surface area contributed by atoms with E-state index in [9.17, 15) is 18.0 Å². The van der Waals surface area contributed by atoms with E-state index in [1.54, 1.807) is 11.0 Å². The van der Waals surface area contributed by atoms with Crippen LogP contribution < -0.4 is 9.62 Å². The number of amides is 2. The van der Waals surface area contributed by atoms with E-state index in [1.807, 2.05) is 75.4 Å². The molecule has 0 aliphatic rings. The number of nitrogens with one attached hydrogen (secondary N) is 1. The fourth-order valence-electron chi connectivity index (χ4n) is 4.64. The molecule has 0 heterocycles. The number of hydrogen-bond acceptors (Lipinski definition) is 4. The number of anilines is 1. The van der Waals surface area contributed by atoms with E-state index in [1.165, 1.54) is 12.1 Å². The molecule has 0 spiro atoms. The van der Waals surface area contributed by atoms with Crippen LogP contribution in [0.2, 0.25) is 10.0 Å². The van der Waals surface area contributed by atoms with Crippen LogP contribution in [0.25, 0.3) is 0 Å². The lowest BCUT2D eigenvalue weighted by molar-refractivity contribution is -0.141. The third kappa shape index (κ3) is 10.0. The molecule has 0 radical (unpaired) electrons. The van der Waals surface area contributed by atoms with Gasteiger partial charge in [0.2, 0.25) is 21.8 Å². The number of carbonyl (C=O) groups is 2. The molecule has 10 heteroatoms. The van der Waals surface area contributed by atoms with Gasteiger partial charge in [-0.25, -0.2) is 8.42 Å². The van der Waals surface area contributed by atoms with Crippen molar-refractivity contribution in [3.8, 4) is 0 Å². The first-order valence-corrected chi connectivity index (χ1v) is 16.5. The van der Waals surface area contributed by atoms with Gasteiger partial charge >= 0.3 is 0 Å². The van der Waals surface area contributed by atoms with Crippen LogP contribution in [-0.4, -0.2) is 50.5 Å². The van der Waals surface area contributed by atoms with E-state index in [0.717, 1.165) is 27.3 Å². The van der Waals surface area contributed by atoms with Gasteiger partial charge in [-0.15, -0.1) is 0 Å². The normalized spacial score (nSPS) is 12.2. The monoisotopic (exact) mass is 631 g/mol. The van der Waals surface area contributed by atoms with Crippen LogP contribution in [0.3, 0.4) is 0 Å². The van der Waals surface area contributed by atoms with Crippen molar-refractivity contribution in [1.29, 1.82) is 0 Å². The lowest BCUT2D eigenvalue weighted by Gasteiger charge is -2.32. The molecule has 3 aromatic rings. The van der Waals surface area contributed by atoms with Crippen LogP contribution in [0.5, 0.6) is 0 Å². The van der Waals surface area contributed by atoms with E-state index in [4.69, 9.17) is 23.2 Å². The minimum atomic E-state index is -3.71. The van der Waals surface area contributed by atoms with Crippen LogP contribution in [0.1, 0.15) is 43.4 Å². The molecule has 226 valence electrons. The highest BCUT2D eigenvalue weighted by Gasteiger charge is 2.31. The highest BCUT2D eigenvalue weighted by Crippen LogP contribution is 2.31. The number of halogens is 2. The maximum absolute atomic E-state index is 13.9. The molecule has 1 N–H and O–H groups in total. The van der Waals surface area contributed by atoms with Gasteiger partial charge in [0.15, 0.2) is 0 Å². The Morgan fingerprint density at radius 3 is 2.26 bits per heavy atom. The zero-order valence-corrected chi connectivity index (χ0v) is 26.8. The molecular weight excluding hydrogens is 593 g/mol. The maximum Gasteiger partial charge on any atom is 0.243 e. The second-order valence-electron chi connectivity index (χ2n) is 10.9. The third-order valence-corrected chi connectivity index (χ3v) is 8.45. The van der Waals surface area contributed by atoms with E-state index in [0.29, 0.717) is 18.0 Å². The smallest absolute Gasteiger partial charge is 0.243 e. The average molecular weight is 633 g/mol. The Balaban J connectivity index is 1.90. The Labute approximate surface area is 259 Å². The Morgan fingerprint density at radius 2 is 1.62 bits per heavy atom. The minimum Gasteiger partial charge on any atom is -0.354 e. The van der Waals surface area contributed by atoms with Crippen molar-refractivity contribution in [2.75, 3.05) is 23.7 Å². The summed E-state index contributed by atoms with van der Waals surface area (Å²) in [6, 6.07) is 21.3. The first-order chi connectivity index (χ1) is 19.8. The zero-order chi connectivity index (χ0) is 30.9. The number of sulfonamides is 1. The topological polar surface area (TPSA) is 86.8 Å². The first kappa shape index (κ1) is 33.4. The molecule has 0 aliphatic carbocycles. The highest BCUT2D eigenvalue weighted by molar-refractivity contribution is 7.92. The molecule has 1 unspecified atom stereocenters. The Hall–Kier alpha value is -3.07. The van der Waals surface area contributed by atoms with Crippen molar-refractivity contribution < 1.29 is 18.0 Å². The lowest BCUT2D eigenvalue weighted by Crippen LogP contribution is -2.51. The third-order valence-electron chi connectivity index (χ3n) is 6.72. The lowest BCUT2D eigenvalue weighted by atomic mass is 10.0. The summed E-state index contributed by atoms with van der Waals surface area (Å²) in [5.41, 5.74) is 3.14. The quantitative estimate of drug-likeness (QED) is 0.227. The molecule has 0 aromatic heterocycles. The van der Waals surface area contributed by atoms with Gasteiger partial charge in [-0.2, -0.15) is 0 Å². The van der Waals surface area contributed by atoms with Crippen molar-refractivity contribution in [3.05, 3.63) is 99.5 Å². The number of aryl methyl sites for hydroxylation is 1. The van der Waals surface area contributed by atoms with Crippen LogP contribution in [0.15, 0.2) is 72.8 Å².